The van der Waals surface area contributed by atoms with Gasteiger partial charge in [0.25, 0.3) is 0 Å². The Morgan fingerprint density at radius 1 is 1.41 bits per heavy atom. The number of hydrogen-bond donors (Lipinski definition) is 1. The molecule has 4 heteroatoms. The lowest BCUT2D eigenvalue weighted by Crippen LogP contribution is -2.11. The molecular formula is C13H15NO3. The zero-order valence-corrected chi connectivity index (χ0v) is 9.88. The molecule has 0 fully saturated rings. The van der Waals surface area contributed by atoms with Crippen molar-refractivity contribution in [1.82, 2.24) is 0 Å². The molecule has 90 valence electrons. The number of nitrogens with zero attached hydrogens (tertiary/aromatic N) is 1. The van der Waals surface area contributed by atoms with Gasteiger partial charge in [-0.05, 0) is 6.92 Å². The molecule has 4 nitrogen and oxygen atoms in total. The van der Waals surface area contributed by atoms with Gasteiger partial charge in [-0.2, -0.15) is 0 Å². The average molecular weight is 233 g/mol. The SMILES string of the molecule is CCOC(=O)C(C=NC)=C(O)c1ccccc1. The van der Waals surface area contributed by atoms with E-state index in [4.69, 9.17) is 4.74 Å². The van der Waals surface area contributed by atoms with Crippen LogP contribution in [0, 0.1) is 0 Å². The van der Waals surface area contributed by atoms with Gasteiger partial charge < -0.3 is 9.84 Å². The van der Waals surface area contributed by atoms with Gasteiger partial charge >= 0.3 is 5.97 Å². The monoisotopic (exact) mass is 233 g/mol. The van der Waals surface area contributed by atoms with Gasteiger partial charge in [0.1, 0.15) is 11.3 Å². The first-order valence-corrected chi connectivity index (χ1v) is 5.28. The molecule has 0 aromatic heterocycles. The highest BCUT2D eigenvalue weighted by Gasteiger charge is 2.15. The Balaban J connectivity index is 3.15. The molecule has 0 saturated heterocycles. The molecule has 1 aromatic carbocycles. The van der Waals surface area contributed by atoms with Crippen LogP contribution in [-0.2, 0) is 9.53 Å². The molecule has 0 unspecified atom stereocenters. The summed E-state index contributed by atoms with van der Waals surface area (Å²) in [5.74, 6) is -0.714. The lowest BCUT2D eigenvalue weighted by atomic mass is 10.1. The molecule has 0 bridgehead atoms. The molecule has 0 amide bonds. The largest absolute Gasteiger partial charge is 0.506 e. The molecular weight excluding hydrogens is 218 g/mol. The van der Waals surface area contributed by atoms with Gasteiger partial charge in [0.15, 0.2) is 0 Å². The van der Waals surface area contributed by atoms with E-state index >= 15 is 0 Å². The molecule has 0 aliphatic rings. The molecule has 17 heavy (non-hydrogen) atoms. The van der Waals surface area contributed by atoms with Crippen LogP contribution in [-0.4, -0.2) is 30.9 Å². The van der Waals surface area contributed by atoms with Gasteiger partial charge in [0.05, 0.1) is 6.61 Å². The molecule has 1 N–H and O–H groups in total. The molecule has 0 aliphatic carbocycles. The fourth-order valence-corrected chi connectivity index (χ4v) is 1.30. The fraction of sp³-hybridized carbons (Fsp3) is 0.231. The van der Waals surface area contributed by atoms with Crippen molar-refractivity contribution in [3.63, 3.8) is 0 Å². The van der Waals surface area contributed by atoms with Crippen LogP contribution < -0.4 is 0 Å². The first kappa shape index (κ1) is 13.0. The summed E-state index contributed by atoms with van der Waals surface area (Å²) in [5, 5.41) is 10.00. The number of carbonyl (C=O) groups is 1. The van der Waals surface area contributed by atoms with Gasteiger partial charge in [-0.1, -0.05) is 30.3 Å². The molecule has 1 rings (SSSR count). The van der Waals surface area contributed by atoms with Crippen LogP contribution in [0.15, 0.2) is 40.9 Å². The minimum absolute atomic E-state index is 0.0561. The second kappa shape index (κ2) is 6.48. The van der Waals surface area contributed by atoms with Crippen molar-refractivity contribution in [1.29, 1.82) is 0 Å². The number of esters is 1. The Morgan fingerprint density at radius 2 is 2.06 bits per heavy atom. The summed E-state index contributed by atoms with van der Waals surface area (Å²) < 4.78 is 4.85. The molecule has 1 aromatic rings. The minimum atomic E-state index is -0.584. The third-order valence-electron chi connectivity index (χ3n) is 2.06. The Labute approximate surface area is 100 Å². The Hall–Kier alpha value is -2.10. The Morgan fingerprint density at radius 3 is 2.59 bits per heavy atom. The zero-order valence-electron chi connectivity index (χ0n) is 9.88. The fourth-order valence-electron chi connectivity index (χ4n) is 1.30. The number of aliphatic hydroxyl groups excluding tert-OH is 1. The first-order valence-electron chi connectivity index (χ1n) is 5.28. The van der Waals surface area contributed by atoms with E-state index in [1.54, 1.807) is 31.2 Å². The van der Waals surface area contributed by atoms with Crippen LogP contribution in [0.25, 0.3) is 5.76 Å². The number of carbonyl (C=O) groups excluding carboxylic acids is 1. The predicted octanol–water partition coefficient (Wildman–Crippen LogP) is 2.22. The summed E-state index contributed by atoms with van der Waals surface area (Å²) in [6.45, 7) is 1.96. The standard InChI is InChI=1S/C13H15NO3/c1-3-17-13(16)11(9-14-2)12(15)10-7-5-4-6-8-10/h4-9,15H,3H2,1-2H3. The zero-order chi connectivity index (χ0) is 12.7. The summed E-state index contributed by atoms with van der Waals surface area (Å²) in [5.41, 5.74) is 0.607. The smallest absolute Gasteiger partial charge is 0.343 e. The number of rotatable bonds is 4. The van der Waals surface area contributed by atoms with E-state index in [-0.39, 0.29) is 17.9 Å². The maximum Gasteiger partial charge on any atom is 0.343 e. The van der Waals surface area contributed by atoms with E-state index in [0.29, 0.717) is 5.56 Å². The van der Waals surface area contributed by atoms with Crippen molar-refractivity contribution in [2.45, 2.75) is 6.92 Å². The van der Waals surface area contributed by atoms with Gasteiger partial charge in [0.2, 0.25) is 0 Å². The lowest BCUT2D eigenvalue weighted by molar-refractivity contribution is -0.137. The summed E-state index contributed by atoms with van der Waals surface area (Å²) in [6.07, 6.45) is 1.29. The van der Waals surface area contributed by atoms with Crippen LogP contribution in [0.1, 0.15) is 12.5 Å². The maximum atomic E-state index is 11.6. The number of benzene rings is 1. The molecule has 0 radical (unpaired) electrons. The minimum Gasteiger partial charge on any atom is -0.506 e. The second-order valence-corrected chi connectivity index (χ2v) is 3.24. The Bertz CT molecular complexity index is 435. The van der Waals surface area contributed by atoms with Gasteiger partial charge in [-0.25, -0.2) is 4.79 Å². The normalized spacial score (nSPS) is 12.4. The van der Waals surface area contributed by atoms with Crippen LogP contribution in [0.2, 0.25) is 0 Å². The first-order chi connectivity index (χ1) is 8.20. The number of ether oxygens (including phenoxy) is 1. The Kier molecular flexibility index (Phi) is 4.94. The highest BCUT2D eigenvalue weighted by molar-refractivity contribution is 6.14. The average Bonchev–Trinajstić information content (AvgIpc) is 2.36. The molecule has 0 atom stereocenters. The van der Waals surface area contributed by atoms with Crippen molar-refractivity contribution in [2.24, 2.45) is 4.99 Å². The van der Waals surface area contributed by atoms with Gasteiger partial charge in [-0.3, -0.25) is 4.99 Å². The van der Waals surface area contributed by atoms with Crippen LogP contribution in [0.5, 0.6) is 0 Å². The number of aliphatic imine (C=N–C) groups is 1. The number of hydrogen-bond acceptors (Lipinski definition) is 4. The van der Waals surface area contributed by atoms with Gasteiger partial charge in [-0.15, -0.1) is 0 Å². The van der Waals surface area contributed by atoms with E-state index < -0.39 is 5.97 Å². The third kappa shape index (κ3) is 3.45. The summed E-state index contributed by atoms with van der Waals surface area (Å²) >= 11 is 0. The molecule has 0 spiro atoms. The lowest BCUT2D eigenvalue weighted by Gasteiger charge is -2.06. The van der Waals surface area contributed by atoms with Crippen molar-refractivity contribution in [3.05, 3.63) is 41.5 Å². The summed E-state index contributed by atoms with van der Waals surface area (Å²) in [6, 6.07) is 8.79. The summed E-state index contributed by atoms with van der Waals surface area (Å²) in [4.78, 5) is 15.4. The predicted molar refractivity (Wildman–Crippen MR) is 67.0 cm³/mol. The highest BCUT2D eigenvalue weighted by Crippen LogP contribution is 2.15. The second-order valence-electron chi connectivity index (χ2n) is 3.24. The number of aliphatic hydroxyl groups is 1. The van der Waals surface area contributed by atoms with E-state index in [2.05, 4.69) is 4.99 Å². The van der Waals surface area contributed by atoms with Crippen LogP contribution in [0.3, 0.4) is 0 Å². The molecule has 0 aliphatic heterocycles. The van der Waals surface area contributed by atoms with Crippen molar-refractivity contribution in [2.75, 3.05) is 13.7 Å². The van der Waals surface area contributed by atoms with Crippen molar-refractivity contribution in [3.8, 4) is 0 Å². The quantitative estimate of drug-likeness (QED) is 0.375. The van der Waals surface area contributed by atoms with E-state index in [9.17, 15) is 9.90 Å². The van der Waals surface area contributed by atoms with Crippen molar-refractivity contribution < 1.29 is 14.6 Å². The van der Waals surface area contributed by atoms with Crippen LogP contribution in [0.4, 0.5) is 0 Å². The third-order valence-corrected chi connectivity index (χ3v) is 2.06. The van der Waals surface area contributed by atoms with E-state index in [0.717, 1.165) is 0 Å². The maximum absolute atomic E-state index is 11.6. The highest BCUT2D eigenvalue weighted by atomic mass is 16.5. The van der Waals surface area contributed by atoms with Crippen molar-refractivity contribution >= 4 is 17.9 Å². The van der Waals surface area contributed by atoms with Gasteiger partial charge in [0, 0.05) is 18.8 Å². The molecule has 0 saturated carbocycles. The van der Waals surface area contributed by atoms with E-state index in [1.165, 1.54) is 13.3 Å². The summed E-state index contributed by atoms with van der Waals surface area (Å²) in [7, 11) is 1.53. The van der Waals surface area contributed by atoms with Crippen LogP contribution >= 0.6 is 0 Å². The molecule has 0 heterocycles. The topological polar surface area (TPSA) is 58.9 Å². The van der Waals surface area contributed by atoms with E-state index in [1.807, 2.05) is 6.07 Å².